The topological polar surface area (TPSA) is 97.1 Å². The molecule has 0 amide bonds. The average molecular weight is 1360 g/mol. The normalized spacial score (nSPS) is 11.6. The number of para-hydroxylation sites is 6. The SMILES string of the molecule is c1ccc(-c2ccc(-c3nc(-c4ccc(-c5ccccc5)cc4)nc(-n4c5ccccc5c5c4ccc4c6ccccc6n(-c6ccccc6)c45)n3)cc2)cc1.c1ccc(-c2cccc(-c3nc(-c4ccccc4)nc(-n4c5ccccc5c5c4ccc4c6ccccc6n(-c6ccccc6)c45)n3)c2)cc1. The molecule has 0 N–H and O–H groups in total. The van der Waals surface area contributed by atoms with E-state index in [1.807, 2.05) is 36.4 Å². The van der Waals surface area contributed by atoms with E-state index in [0.717, 1.165) is 111 Å². The number of fused-ring (bicyclic) bond motifs is 14. The van der Waals surface area contributed by atoms with Gasteiger partial charge in [-0.3, -0.25) is 9.13 Å². The third-order valence-electron chi connectivity index (χ3n) is 20.4. The summed E-state index contributed by atoms with van der Waals surface area (Å²) in [6.07, 6.45) is 0. The monoisotopic (exact) mass is 1350 g/mol. The summed E-state index contributed by atoms with van der Waals surface area (Å²) in [5.74, 6) is 3.62. The molecule has 0 spiro atoms. The number of hydrogen-bond donors (Lipinski definition) is 0. The molecule has 6 heterocycles. The molecular formula is C96H62N10. The lowest BCUT2D eigenvalue weighted by Crippen LogP contribution is -2.06. The van der Waals surface area contributed by atoms with Crippen molar-refractivity contribution in [2.24, 2.45) is 0 Å². The quantitative estimate of drug-likeness (QED) is 0.128. The molecule has 0 unspecified atom stereocenters. The highest BCUT2D eigenvalue weighted by Crippen LogP contribution is 2.45. The van der Waals surface area contributed by atoms with Gasteiger partial charge in [-0.25, -0.2) is 9.97 Å². The Hall–Kier alpha value is -14.5. The van der Waals surface area contributed by atoms with Gasteiger partial charge in [0, 0.05) is 76.7 Å². The van der Waals surface area contributed by atoms with Gasteiger partial charge in [-0.05, 0) is 100 Å². The maximum Gasteiger partial charge on any atom is 0.238 e. The smallest absolute Gasteiger partial charge is 0.238 e. The van der Waals surface area contributed by atoms with Crippen LogP contribution in [-0.4, -0.2) is 48.2 Å². The summed E-state index contributed by atoms with van der Waals surface area (Å²) in [5.41, 5.74) is 21.6. The van der Waals surface area contributed by atoms with E-state index in [-0.39, 0.29) is 0 Å². The van der Waals surface area contributed by atoms with Crippen molar-refractivity contribution in [1.29, 1.82) is 0 Å². The molecule has 10 nitrogen and oxygen atoms in total. The third-order valence-corrected chi connectivity index (χ3v) is 20.4. The zero-order valence-corrected chi connectivity index (χ0v) is 57.3. The Morgan fingerprint density at radius 2 is 0.434 bits per heavy atom. The molecule has 0 bridgehead atoms. The number of nitrogens with zero attached hydrogens (tertiary/aromatic N) is 10. The summed E-state index contributed by atoms with van der Waals surface area (Å²) in [6, 6.07) is 132. The Balaban J connectivity index is 0.000000141. The summed E-state index contributed by atoms with van der Waals surface area (Å²) < 4.78 is 9.21. The number of hydrogen-bond acceptors (Lipinski definition) is 6. The highest BCUT2D eigenvalue weighted by Gasteiger charge is 2.26. The van der Waals surface area contributed by atoms with Gasteiger partial charge >= 0.3 is 0 Å². The van der Waals surface area contributed by atoms with E-state index in [0.29, 0.717) is 35.2 Å². The summed E-state index contributed by atoms with van der Waals surface area (Å²) in [7, 11) is 0. The van der Waals surface area contributed by atoms with E-state index < -0.39 is 0 Å². The first kappa shape index (κ1) is 61.4. The Morgan fingerprint density at radius 1 is 0.160 bits per heavy atom. The first-order valence-corrected chi connectivity index (χ1v) is 35.7. The molecule has 0 saturated carbocycles. The van der Waals surface area contributed by atoms with Crippen LogP contribution in [0.15, 0.2) is 376 Å². The third kappa shape index (κ3) is 10.6. The van der Waals surface area contributed by atoms with Crippen molar-refractivity contribution >= 4 is 87.2 Å². The van der Waals surface area contributed by atoms with Crippen LogP contribution in [0, 0.1) is 0 Å². The van der Waals surface area contributed by atoms with Crippen LogP contribution in [0.5, 0.6) is 0 Å². The summed E-state index contributed by atoms with van der Waals surface area (Å²) in [4.78, 5) is 31.2. The fraction of sp³-hybridized carbons (Fsp3) is 0. The molecule has 0 saturated heterocycles. The molecule has 6 aromatic heterocycles. The molecule has 0 atom stereocenters. The lowest BCUT2D eigenvalue weighted by Gasteiger charge is -2.12. The first-order valence-electron chi connectivity index (χ1n) is 35.7. The standard InChI is InChI=1S/C51H33N5.C45H29N5/c1-4-14-34(15-5-1)36-24-28-38(29-25-36)49-52-50(39-30-26-37(27-31-39)35-16-6-2-7-17-35)54-51(53-49)56-45-23-13-11-21-43(45)47-46(56)33-32-42-41-20-10-12-22-44(41)55(48(42)47)40-18-8-3-9-19-40;1-4-15-30(16-5-1)32-19-14-20-33(29-32)44-46-43(31-17-6-2-7-18-31)47-45(48-44)50-39-26-13-11-24-37(39)41-40(50)28-27-36-35-23-10-12-25-38(35)49(42(36)41)34-21-8-3-9-22-34/h1-33H;1-29H. The number of rotatable bonds is 11. The summed E-state index contributed by atoms with van der Waals surface area (Å²) in [6.45, 7) is 0. The van der Waals surface area contributed by atoms with Gasteiger partial charge < -0.3 is 9.13 Å². The average Bonchev–Trinajstić information content (AvgIpc) is 1.55. The second kappa shape index (κ2) is 25.8. The van der Waals surface area contributed by atoms with E-state index >= 15 is 0 Å². The fourth-order valence-electron chi connectivity index (χ4n) is 15.5. The van der Waals surface area contributed by atoms with Gasteiger partial charge in [-0.2, -0.15) is 19.9 Å². The van der Waals surface area contributed by atoms with Gasteiger partial charge in [0.15, 0.2) is 23.3 Å². The van der Waals surface area contributed by atoms with Gasteiger partial charge in [-0.15, -0.1) is 0 Å². The van der Waals surface area contributed by atoms with Gasteiger partial charge in [0.2, 0.25) is 11.9 Å². The largest absolute Gasteiger partial charge is 0.309 e. The highest BCUT2D eigenvalue weighted by molar-refractivity contribution is 6.27. The minimum absolute atomic E-state index is 0.567. The lowest BCUT2D eigenvalue weighted by molar-refractivity contribution is 0.953. The van der Waals surface area contributed by atoms with Crippen molar-refractivity contribution in [2.75, 3.05) is 0 Å². The van der Waals surface area contributed by atoms with Crippen LogP contribution in [0.4, 0.5) is 0 Å². The molecular weight excluding hydrogens is 1290 g/mol. The maximum absolute atomic E-state index is 5.28. The lowest BCUT2D eigenvalue weighted by atomic mass is 10.0. The van der Waals surface area contributed by atoms with Gasteiger partial charge in [0.05, 0.1) is 44.1 Å². The van der Waals surface area contributed by atoms with Crippen molar-refractivity contribution < 1.29 is 0 Å². The van der Waals surface area contributed by atoms with Crippen LogP contribution in [-0.2, 0) is 0 Å². The number of aromatic nitrogens is 10. The predicted molar refractivity (Wildman–Crippen MR) is 435 cm³/mol. The van der Waals surface area contributed by atoms with Gasteiger partial charge in [0.25, 0.3) is 0 Å². The Morgan fingerprint density at radius 3 is 0.830 bits per heavy atom. The molecule has 496 valence electrons. The molecule has 21 aromatic rings. The van der Waals surface area contributed by atoms with Gasteiger partial charge in [0.1, 0.15) is 0 Å². The second-order valence-corrected chi connectivity index (χ2v) is 26.6. The van der Waals surface area contributed by atoms with Crippen molar-refractivity contribution in [3.63, 3.8) is 0 Å². The summed E-state index contributed by atoms with van der Waals surface area (Å²) >= 11 is 0. The van der Waals surface area contributed by atoms with Crippen LogP contribution in [0.2, 0.25) is 0 Å². The van der Waals surface area contributed by atoms with Gasteiger partial charge in [-0.1, -0.05) is 309 Å². The molecule has 0 radical (unpaired) electrons. The minimum Gasteiger partial charge on any atom is -0.309 e. The van der Waals surface area contributed by atoms with Crippen LogP contribution in [0.25, 0.3) is 189 Å². The minimum atomic E-state index is 0.567. The molecule has 106 heavy (non-hydrogen) atoms. The highest BCUT2D eigenvalue weighted by atomic mass is 15.2. The Labute approximate surface area is 610 Å². The van der Waals surface area contributed by atoms with E-state index in [9.17, 15) is 0 Å². The predicted octanol–water partition coefficient (Wildman–Crippen LogP) is 23.8. The van der Waals surface area contributed by atoms with Crippen LogP contribution < -0.4 is 0 Å². The Kier molecular flexibility index (Phi) is 15.0. The van der Waals surface area contributed by atoms with Crippen LogP contribution in [0.3, 0.4) is 0 Å². The van der Waals surface area contributed by atoms with Crippen molar-refractivity contribution in [3.8, 4) is 102 Å². The van der Waals surface area contributed by atoms with E-state index in [1.165, 1.54) is 43.7 Å². The molecule has 0 aliphatic carbocycles. The fourth-order valence-corrected chi connectivity index (χ4v) is 15.5. The Bertz CT molecular complexity index is 6790. The van der Waals surface area contributed by atoms with Crippen LogP contribution in [0.1, 0.15) is 0 Å². The molecule has 0 fully saturated rings. The first-order chi connectivity index (χ1) is 52.6. The van der Waals surface area contributed by atoms with E-state index in [1.54, 1.807) is 0 Å². The van der Waals surface area contributed by atoms with Crippen LogP contribution >= 0.6 is 0 Å². The molecule has 0 aliphatic heterocycles. The molecule has 0 aliphatic rings. The van der Waals surface area contributed by atoms with Crippen molar-refractivity contribution in [1.82, 2.24) is 48.2 Å². The van der Waals surface area contributed by atoms with E-state index in [4.69, 9.17) is 29.9 Å². The molecule has 15 aromatic carbocycles. The maximum atomic E-state index is 5.28. The molecule has 10 heteroatoms. The number of benzene rings is 15. The van der Waals surface area contributed by atoms with Crippen molar-refractivity contribution in [3.05, 3.63) is 376 Å². The van der Waals surface area contributed by atoms with E-state index in [2.05, 4.69) is 358 Å². The molecule has 21 rings (SSSR count). The zero-order chi connectivity index (χ0) is 70.0. The zero-order valence-electron chi connectivity index (χ0n) is 57.3. The second-order valence-electron chi connectivity index (χ2n) is 26.6. The van der Waals surface area contributed by atoms with Crippen molar-refractivity contribution in [2.45, 2.75) is 0 Å². The summed E-state index contributed by atoms with van der Waals surface area (Å²) in [5, 5.41) is 9.43.